The molecule has 6 aromatic heterocycles. The largest absolute Gasteiger partial charge is 0.495 e. The van der Waals surface area contributed by atoms with Gasteiger partial charge in [-0.3, -0.25) is 9.97 Å². The van der Waals surface area contributed by atoms with Crippen molar-refractivity contribution in [2.24, 2.45) is 0 Å². The van der Waals surface area contributed by atoms with E-state index in [1.54, 1.807) is 97.5 Å². The lowest BCUT2D eigenvalue weighted by Crippen LogP contribution is -2.08. The molecule has 0 fully saturated rings. The van der Waals surface area contributed by atoms with Crippen molar-refractivity contribution in [1.82, 2.24) is 24.9 Å². The molecule has 9 aromatic rings. The van der Waals surface area contributed by atoms with Gasteiger partial charge in [-0.05, 0) is 90.8 Å². The van der Waals surface area contributed by atoms with Crippen LogP contribution in [0.3, 0.4) is 0 Å². The molecule has 0 radical (unpaired) electrons. The average molecular weight is 908 g/mol. The molecule has 0 N–H and O–H groups in total. The maximum atomic E-state index is 13.1. The number of sulfone groups is 3. The van der Waals surface area contributed by atoms with Gasteiger partial charge in [-0.1, -0.05) is 42.5 Å². The molecular formula is C43H33N5O8S5. The van der Waals surface area contributed by atoms with Gasteiger partial charge < -0.3 is 9.15 Å². The molecule has 0 aliphatic heterocycles. The Balaban J connectivity index is 0.000000171. The highest BCUT2D eigenvalue weighted by molar-refractivity contribution is 7.95. The molecule has 6 heterocycles. The molecule has 0 spiro atoms. The van der Waals surface area contributed by atoms with Crippen LogP contribution in [0.5, 0.6) is 5.75 Å². The summed E-state index contributed by atoms with van der Waals surface area (Å²) < 4.78 is 89.6. The van der Waals surface area contributed by atoms with E-state index in [1.807, 2.05) is 19.1 Å². The third-order valence-corrected chi connectivity index (χ3v) is 17.5. The lowest BCUT2D eigenvalue weighted by molar-refractivity contribution is 0.402. The van der Waals surface area contributed by atoms with Crippen LogP contribution in [0.4, 0.5) is 0 Å². The summed E-state index contributed by atoms with van der Waals surface area (Å²) in [5.74, 6) is 0.173. The Morgan fingerprint density at radius 3 is 2.28 bits per heavy atom. The molecule has 13 nitrogen and oxygen atoms in total. The van der Waals surface area contributed by atoms with Crippen LogP contribution in [0, 0.1) is 6.92 Å². The van der Waals surface area contributed by atoms with Crippen molar-refractivity contribution >= 4 is 73.6 Å². The second-order valence-electron chi connectivity index (χ2n) is 13.5. The highest BCUT2D eigenvalue weighted by atomic mass is 32.3. The van der Waals surface area contributed by atoms with Crippen LogP contribution in [0.15, 0.2) is 163 Å². The maximum absolute atomic E-state index is 13.1. The van der Waals surface area contributed by atoms with Crippen LogP contribution < -0.4 is 4.74 Å². The van der Waals surface area contributed by atoms with Crippen molar-refractivity contribution in [3.8, 4) is 27.8 Å². The highest BCUT2D eigenvalue weighted by Gasteiger charge is 2.25. The fraction of sp³-hybridized carbons (Fsp3) is 0.0930. The second kappa shape index (κ2) is 17.1. The number of thiazole rings is 1. The van der Waals surface area contributed by atoms with Gasteiger partial charge in [0, 0.05) is 35.9 Å². The van der Waals surface area contributed by atoms with E-state index >= 15 is 0 Å². The molecule has 0 saturated carbocycles. The van der Waals surface area contributed by atoms with Gasteiger partial charge in [0.2, 0.25) is 15.7 Å². The van der Waals surface area contributed by atoms with Crippen molar-refractivity contribution in [1.29, 1.82) is 0 Å². The van der Waals surface area contributed by atoms with Crippen LogP contribution in [0.1, 0.15) is 16.8 Å². The van der Waals surface area contributed by atoms with E-state index in [4.69, 9.17) is 9.15 Å². The first-order chi connectivity index (χ1) is 29.3. The van der Waals surface area contributed by atoms with Gasteiger partial charge in [0.15, 0.2) is 30.9 Å². The lowest BCUT2D eigenvalue weighted by atomic mass is 10.1. The molecule has 0 unspecified atom stereocenters. The normalized spacial score (nSPS) is 12.0. The number of aryl methyl sites for hydroxylation is 1. The third-order valence-electron chi connectivity index (χ3n) is 9.12. The summed E-state index contributed by atoms with van der Waals surface area (Å²) in [5.41, 5.74) is 5.17. The van der Waals surface area contributed by atoms with Crippen molar-refractivity contribution in [2.45, 2.75) is 36.6 Å². The molecule has 18 heteroatoms. The molecule has 0 amide bonds. The van der Waals surface area contributed by atoms with Crippen molar-refractivity contribution in [3.05, 3.63) is 157 Å². The molecule has 9 rings (SSSR count). The van der Waals surface area contributed by atoms with E-state index in [0.29, 0.717) is 39.7 Å². The van der Waals surface area contributed by atoms with E-state index in [2.05, 4.69) is 24.9 Å². The smallest absolute Gasteiger partial charge is 0.229 e. The van der Waals surface area contributed by atoms with E-state index in [-0.39, 0.29) is 29.7 Å². The first-order valence-electron chi connectivity index (χ1n) is 18.3. The zero-order valence-electron chi connectivity index (χ0n) is 32.2. The van der Waals surface area contributed by atoms with Crippen LogP contribution >= 0.6 is 22.7 Å². The van der Waals surface area contributed by atoms with Crippen molar-refractivity contribution in [2.75, 3.05) is 7.11 Å². The molecule has 0 saturated heterocycles. The van der Waals surface area contributed by atoms with Crippen LogP contribution in [0.2, 0.25) is 0 Å². The van der Waals surface area contributed by atoms with Crippen LogP contribution in [-0.4, -0.2) is 57.3 Å². The number of rotatable bonds is 11. The number of pyridine rings is 3. The van der Waals surface area contributed by atoms with Crippen LogP contribution in [0.25, 0.3) is 43.5 Å². The van der Waals surface area contributed by atoms with Crippen molar-refractivity contribution in [3.63, 3.8) is 0 Å². The summed E-state index contributed by atoms with van der Waals surface area (Å²) in [6, 6.07) is 31.7. The maximum Gasteiger partial charge on any atom is 0.229 e. The van der Waals surface area contributed by atoms with E-state index in [9.17, 15) is 25.3 Å². The highest BCUT2D eigenvalue weighted by Crippen LogP contribution is 2.34. The molecular weight excluding hydrogens is 875 g/mol. The number of aromatic nitrogens is 5. The minimum atomic E-state index is -3.76. The first kappa shape index (κ1) is 41.5. The topological polar surface area (TPSA) is 189 Å². The van der Waals surface area contributed by atoms with Gasteiger partial charge in [0.05, 0.1) is 39.4 Å². The van der Waals surface area contributed by atoms with Gasteiger partial charge in [0.25, 0.3) is 0 Å². The van der Waals surface area contributed by atoms with Crippen LogP contribution in [-0.2, 0) is 41.0 Å². The molecule has 3 aromatic carbocycles. The number of thiophene rings is 1. The first-order valence-corrected chi connectivity index (χ1v) is 24.7. The Morgan fingerprint density at radius 1 is 0.672 bits per heavy atom. The minimum Gasteiger partial charge on any atom is -0.495 e. The molecule has 0 atom stereocenters. The van der Waals surface area contributed by atoms with Gasteiger partial charge in [0.1, 0.15) is 24.1 Å². The molecule has 0 aliphatic carbocycles. The Morgan fingerprint density at radius 2 is 1.49 bits per heavy atom. The van der Waals surface area contributed by atoms with E-state index in [0.717, 1.165) is 37.7 Å². The zero-order chi connectivity index (χ0) is 42.8. The van der Waals surface area contributed by atoms with Crippen molar-refractivity contribution < 1.29 is 34.4 Å². The predicted octanol–water partition coefficient (Wildman–Crippen LogP) is 8.80. The molecule has 61 heavy (non-hydrogen) atoms. The van der Waals surface area contributed by atoms with Gasteiger partial charge >= 0.3 is 0 Å². The summed E-state index contributed by atoms with van der Waals surface area (Å²) in [4.78, 5) is 21.7. The number of nitrogens with zero attached hydrogens (tertiary/aromatic N) is 5. The summed E-state index contributed by atoms with van der Waals surface area (Å²) >= 11 is 2.26. The average Bonchev–Trinajstić information content (AvgIpc) is 4.04. The number of ether oxygens (including phenoxy) is 1. The zero-order valence-corrected chi connectivity index (χ0v) is 36.3. The van der Waals surface area contributed by atoms with Gasteiger partial charge in [-0.2, -0.15) is 4.98 Å². The number of oxazole rings is 1. The lowest BCUT2D eigenvalue weighted by Gasteiger charge is -2.10. The van der Waals surface area contributed by atoms with Gasteiger partial charge in [-0.25, -0.2) is 35.2 Å². The number of fused-ring (bicyclic) bond motifs is 2. The van der Waals surface area contributed by atoms with Gasteiger partial charge in [-0.15, -0.1) is 22.7 Å². The number of hydrogen-bond acceptors (Lipinski definition) is 15. The quantitative estimate of drug-likeness (QED) is 0.120. The molecule has 308 valence electrons. The Labute approximate surface area is 359 Å². The monoisotopic (exact) mass is 907 g/mol. The third kappa shape index (κ3) is 9.13. The Kier molecular flexibility index (Phi) is 11.6. The Bertz CT molecular complexity index is 3320. The molecule has 0 aliphatic rings. The number of hydrogen-bond donors (Lipinski definition) is 0. The summed E-state index contributed by atoms with van der Waals surface area (Å²) in [5, 5.41) is 0.782. The standard InChI is InChI=1S/C23H16N2O4S4.C20H17N3O4S/c26-32(27,21-9-10-22(31-21)33(28,29)18-7-2-1-3-8-18)15-16-5-4-6-17(13-16)23-25-19-11-12-24-14-20(19)30-23;1-13-5-6-16(26-2)18(10-13)28(24,25)12-15-11-14(7-9-21-15)20-23-19-17(27-20)4-3-8-22-19/h1-14H,15H2;3-11H,12H2,1-2H3. The SMILES string of the molecule is COc1ccc(C)cc1S(=O)(=O)Cc1cc(-c2nc3ncccc3o2)ccn1.O=S(=O)(Cc1cccc(-c2nc3ccncc3s2)c1)c1ccc(S(=O)(=O)c2ccccc2)s1. The fourth-order valence-corrected chi connectivity index (χ4v) is 13.3. The summed E-state index contributed by atoms with van der Waals surface area (Å²) in [6.07, 6.45) is 6.61. The summed E-state index contributed by atoms with van der Waals surface area (Å²) in [6.45, 7) is 1.83. The Hall–Kier alpha value is -6.18. The fourth-order valence-electron chi connectivity index (χ4n) is 6.20. The number of methoxy groups -OCH3 is 1. The molecule has 0 bridgehead atoms. The second-order valence-corrected chi connectivity index (χ2v) is 22.0. The predicted molar refractivity (Wildman–Crippen MR) is 234 cm³/mol. The number of benzene rings is 3. The summed E-state index contributed by atoms with van der Waals surface area (Å²) in [7, 11) is -9.70. The van der Waals surface area contributed by atoms with E-state index in [1.165, 1.54) is 48.9 Å². The minimum absolute atomic E-state index is 0.00381. The van der Waals surface area contributed by atoms with E-state index < -0.39 is 29.5 Å².